The van der Waals surface area contributed by atoms with Gasteiger partial charge < -0.3 is 24.7 Å². The lowest BCUT2D eigenvalue weighted by atomic mass is 9.48. The van der Waals surface area contributed by atoms with Crippen LogP contribution in [0.25, 0.3) is 0 Å². The number of amides is 1. The van der Waals surface area contributed by atoms with E-state index in [9.17, 15) is 15.0 Å². The molecule has 0 radical (unpaired) electrons. The van der Waals surface area contributed by atoms with Crippen LogP contribution in [0.5, 0.6) is 11.5 Å². The van der Waals surface area contributed by atoms with E-state index in [1.807, 2.05) is 6.07 Å². The fourth-order valence-electron chi connectivity index (χ4n) is 7.46. The number of nitrogens with one attached hydrogen (secondary N) is 1. The van der Waals surface area contributed by atoms with E-state index in [-0.39, 0.29) is 30.2 Å². The van der Waals surface area contributed by atoms with Gasteiger partial charge >= 0.3 is 0 Å². The van der Waals surface area contributed by atoms with Crippen molar-refractivity contribution in [3.63, 3.8) is 0 Å². The second-order valence-corrected chi connectivity index (χ2v) is 10.8. The van der Waals surface area contributed by atoms with Gasteiger partial charge in [-0.25, -0.2) is 0 Å². The molecule has 3 fully saturated rings. The minimum atomic E-state index is -0.931. The summed E-state index contributed by atoms with van der Waals surface area (Å²) in [5, 5.41) is 26.3. The van der Waals surface area contributed by atoms with Gasteiger partial charge in [-0.05, 0) is 74.8 Å². The summed E-state index contributed by atoms with van der Waals surface area (Å²) >= 11 is 0. The highest BCUT2D eigenvalue weighted by molar-refractivity contribution is 5.78. The number of phenols is 1. The fourth-order valence-corrected chi connectivity index (χ4v) is 7.46. The third kappa shape index (κ3) is 2.66. The predicted molar refractivity (Wildman–Crippen MR) is 119 cm³/mol. The molecule has 5 aliphatic rings. The molecule has 2 aromatic rings. The highest BCUT2D eigenvalue weighted by Gasteiger charge is 2.73. The molecule has 7 heteroatoms. The van der Waals surface area contributed by atoms with E-state index in [1.54, 1.807) is 24.5 Å². The van der Waals surface area contributed by atoms with Gasteiger partial charge in [-0.3, -0.25) is 9.69 Å². The molecule has 7 rings (SSSR count). The Kier molecular flexibility index (Phi) is 4.08. The summed E-state index contributed by atoms with van der Waals surface area (Å²) in [4.78, 5) is 15.4. The van der Waals surface area contributed by atoms with Crippen LogP contribution in [0.2, 0.25) is 0 Å². The van der Waals surface area contributed by atoms with E-state index in [0.717, 1.165) is 37.4 Å². The summed E-state index contributed by atoms with van der Waals surface area (Å²) < 4.78 is 11.8. The second-order valence-electron chi connectivity index (χ2n) is 10.8. The highest BCUT2D eigenvalue weighted by Crippen LogP contribution is 2.65. The first-order valence-electron chi connectivity index (χ1n) is 12.3. The highest BCUT2D eigenvalue weighted by atomic mass is 16.5. The van der Waals surface area contributed by atoms with Crippen LogP contribution in [-0.2, 0) is 23.1 Å². The minimum absolute atomic E-state index is 0.0423. The van der Waals surface area contributed by atoms with Gasteiger partial charge in [-0.2, -0.15) is 0 Å². The quantitative estimate of drug-likeness (QED) is 0.647. The first-order chi connectivity index (χ1) is 16.0. The molecule has 2 bridgehead atoms. The maximum absolute atomic E-state index is 12.9. The third-order valence-electron chi connectivity index (χ3n) is 9.02. The number of hydrogen-bond acceptors (Lipinski definition) is 6. The van der Waals surface area contributed by atoms with Crippen LogP contribution >= 0.6 is 0 Å². The molecule has 0 unspecified atom stereocenters. The molecule has 5 atom stereocenters. The van der Waals surface area contributed by atoms with Crippen LogP contribution in [0.15, 0.2) is 34.9 Å². The van der Waals surface area contributed by atoms with Gasteiger partial charge in [0.25, 0.3) is 0 Å². The van der Waals surface area contributed by atoms with E-state index in [0.29, 0.717) is 24.4 Å². The van der Waals surface area contributed by atoms with Crippen LogP contribution in [0.3, 0.4) is 0 Å². The normalized spacial score (nSPS) is 36.2. The van der Waals surface area contributed by atoms with Crippen molar-refractivity contribution in [3.05, 3.63) is 47.4 Å². The minimum Gasteiger partial charge on any atom is -0.504 e. The average Bonchev–Trinajstić information content (AvgIpc) is 3.31. The van der Waals surface area contributed by atoms with Crippen LogP contribution in [0.4, 0.5) is 0 Å². The van der Waals surface area contributed by atoms with E-state index in [1.165, 1.54) is 18.4 Å². The molecular formula is C26H30N2O5. The Morgan fingerprint density at radius 3 is 2.88 bits per heavy atom. The summed E-state index contributed by atoms with van der Waals surface area (Å²) in [6, 6.07) is 7.11. The van der Waals surface area contributed by atoms with Crippen molar-refractivity contribution in [1.29, 1.82) is 0 Å². The maximum Gasteiger partial charge on any atom is 0.227 e. The average molecular weight is 451 g/mol. The number of aromatic hydroxyl groups is 1. The van der Waals surface area contributed by atoms with Crippen molar-refractivity contribution in [2.45, 2.75) is 74.1 Å². The van der Waals surface area contributed by atoms with E-state index in [2.05, 4.69) is 10.2 Å². The van der Waals surface area contributed by atoms with Crippen LogP contribution in [0.1, 0.15) is 49.0 Å². The molecule has 3 N–H and O–H groups in total. The van der Waals surface area contributed by atoms with Crippen molar-refractivity contribution >= 4 is 5.91 Å². The Bertz CT molecular complexity index is 1110. The molecule has 3 heterocycles. The number of aliphatic hydroxyl groups is 1. The van der Waals surface area contributed by atoms with Crippen molar-refractivity contribution in [1.82, 2.24) is 10.2 Å². The topological polar surface area (TPSA) is 95.2 Å². The van der Waals surface area contributed by atoms with Gasteiger partial charge in [0.15, 0.2) is 11.5 Å². The van der Waals surface area contributed by atoms with E-state index >= 15 is 0 Å². The molecule has 3 aliphatic carbocycles. The van der Waals surface area contributed by atoms with Gasteiger partial charge in [0.05, 0.1) is 29.7 Å². The first kappa shape index (κ1) is 19.9. The number of carbonyl (C=O) groups is 1. The van der Waals surface area contributed by atoms with Crippen molar-refractivity contribution in [2.24, 2.45) is 5.92 Å². The van der Waals surface area contributed by atoms with Crippen LogP contribution in [-0.4, -0.2) is 57.9 Å². The Balaban J connectivity index is 1.27. The number of ether oxygens (including phenoxy) is 1. The van der Waals surface area contributed by atoms with Gasteiger partial charge in [0.2, 0.25) is 5.91 Å². The SMILES string of the molecule is O=C(Cc1ccco1)N[C@@H]1CC[C@@]2(O)[C@H]3Cc4ccc(O)c5c4[C@@]2(CCN3CC2CC2)[C@H]1O5. The summed E-state index contributed by atoms with van der Waals surface area (Å²) in [5.74, 6) is 1.91. The van der Waals surface area contributed by atoms with E-state index < -0.39 is 17.1 Å². The number of piperidine rings is 1. The van der Waals surface area contributed by atoms with Crippen LogP contribution in [0, 0.1) is 5.92 Å². The number of hydrogen-bond donors (Lipinski definition) is 3. The lowest BCUT2D eigenvalue weighted by Gasteiger charge is -2.64. The van der Waals surface area contributed by atoms with Gasteiger partial charge in [0.1, 0.15) is 11.9 Å². The van der Waals surface area contributed by atoms with E-state index in [4.69, 9.17) is 9.15 Å². The number of furan rings is 1. The summed E-state index contributed by atoms with van der Waals surface area (Å²) in [7, 11) is 0. The van der Waals surface area contributed by atoms with Crippen LogP contribution < -0.4 is 10.1 Å². The Labute approximate surface area is 192 Å². The number of carbonyl (C=O) groups excluding carboxylic acids is 1. The van der Waals surface area contributed by atoms with Gasteiger partial charge in [-0.1, -0.05) is 6.07 Å². The Morgan fingerprint density at radius 1 is 1.21 bits per heavy atom. The Hall–Kier alpha value is -2.51. The number of likely N-dealkylation sites (tertiary alicyclic amines) is 1. The molecule has 2 saturated carbocycles. The summed E-state index contributed by atoms with van der Waals surface area (Å²) in [5.41, 5.74) is 0.615. The second kappa shape index (κ2) is 6.76. The van der Waals surface area contributed by atoms with Crippen molar-refractivity contribution < 1.29 is 24.2 Å². The smallest absolute Gasteiger partial charge is 0.227 e. The molecule has 1 amide bonds. The molecule has 1 aromatic carbocycles. The molecule has 1 saturated heterocycles. The van der Waals surface area contributed by atoms with Crippen molar-refractivity contribution in [2.75, 3.05) is 13.1 Å². The third-order valence-corrected chi connectivity index (χ3v) is 9.02. The monoisotopic (exact) mass is 450 g/mol. The lowest BCUT2D eigenvalue weighted by molar-refractivity contribution is -0.192. The summed E-state index contributed by atoms with van der Waals surface area (Å²) in [6.07, 6.45) is 6.72. The number of rotatable bonds is 5. The largest absolute Gasteiger partial charge is 0.504 e. The van der Waals surface area contributed by atoms with Gasteiger partial charge in [0, 0.05) is 18.2 Å². The lowest BCUT2D eigenvalue weighted by Crippen LogP contribution is -2.78. The summed E-state index contributed by atoms with van der Waals surface area (Å²) in [6.45, 7) is 1.96. The molecule has 1 aromatic heterocycles. The molecule has 174 valence electrons. The molecule has 7 nitrogen and oxygen atoms in total. The number of phenolic OH excluding ortho intramolecular Hbond substituents is 1. The van der Waals surface area contributed by atoms with Gasteiger partial charge in [-0.15, -0.1) is 0 Å². The standard InChI is InChI=1S/C26H30N2O5/c29-19-6-5-16-12-20-26(31)8-7-18(27-21(30)13-17-2-1-11-32-17)24-25(26,22(16)23(19)33-24)9-10-28(20)14-15-3-4-15/h1-2,5-6,11,15,18,20,24,29,31H,3-4,7-10,12-14H2,(H,27,30)/t18-,20-,24+,25+,26-/m1/s1. The Morgan fingerprint density at radius 2 is 2.09 bits per heavy atom. The zero-order valence-corrected chi connectivity index (χ0v) is 18.6. The zero-order chi connectivity index (χ0) is 22.4. The molecule has 1 spiro atoms. The predicted octanol–water partition coefficient (Wildman–Crippen LogP) is 2.28. The number of nitrogens with zero attached hydrogens (tertiary/aromatic N) is 1. The molecule has 2 aliphatic heterocycles. The molecule has 33 heavy (non-hydrogen) atoms. The first-order valence-corrected chi connectivity index (χ1v) is 12.3. The maximum atomic E-state index is 12.9. The fraction of sp³-hybridized carbons (Fsp3) is 0.577. The van der Waals surface area contributed by atoms with Crippen molar-refractivity contribution in [3.8, 4) is 11.5 Å². The zero-order valence-electron chi connectivity index (χ0n) is 18.6. The number of benzene rings is 1. The molecular weight excluding hydrogens is 420 g/mol.